The van der Waals surface area contributed by atoms with Gasteiger partial charge in [-0.25, -0.2) is 4.98 Å². The number of amides is 1. The first-order valence-electron chi connectivity index (χ1n) is 6.96. The third-order valence-electron chi connectivity index (χ3n) is 3.79. The molecule has 1 saturated heterocycles. The molecule has 0 spiro atoms. The number of carbonyl (C=O) groups excluding carboxylic acids is 1. The fourth-order valence-electron chi connectivity index (χ4n) is 2.84. The van der Waals surface area contributed by atoms with E-state index < -0.39 is 0 Å². The molecule has 0 saturated carbocycles. The normalized spacial score (nSPS) is 20.0. The number of imidazole rings is 1. The summed E-state index contributed by atoms with van der Waals surface area (Å²) in [6, 6.07) is 7.25. The minimum absolute atomic E-state index is 0.0125. The quantitative estimate of drug-likeness (QED) is 0.867. The Hall–Kier alpha value is -2.06. The Morgan fingerprint density at radius 3 is 3.05 bits per heavy atom. The van der Waals surface area contributed by atoms with Crippen molar-refractivity contribution < 1.29 is 4.79 Å². The van der Waals surface area contributed by atoms with Gasteiger partial charge in [-0.3, -0.25) is 4.79 Å². The SMILES string of the molecule is CC(Cl)c1nc2c(C#N)cccc2n1C1CCCNC1=O. The van der Waals surface area contributed by atoms with Gasteiger partial charge in [-0.15, -0.1) is 11.6 Å². The van der Waals surface area contributed by atoms with E-state index in [2.05, 4.69) is 16.4 Å². The van der Waals surface area contributed by atoms with Crippen LogP contribution in [0.3, 0.4) is 0 Å². The number of fused-ring (bicyclic) bond motifs is 1. The van der Waals surface area contributed by atoms with E-state index in [1.165, 1.54) is 0 Å². The summed E-state index contributed by atoms with van der Waals surface area (Å²) in [5.41, 5.74) is 1.90. The number of nitrogens with zero attached hydrogens (tertiary/aromatic N) is 3. The molecule has 2 unspecified atom stereocenters. The highest BCUT2D eigenvalue weighted by Gasteiger charge is 2.29. The molecule has 1 fully saturated rings. The van der Waals surface area contributed by atoms with Crippen molar-refractivity contribution in [2.75, 3.05) is 6.54 Å². The Labute approximate surface area is 127 Å². The lowest BCUT2D eigenvalue weighted by Gasteiger charge is -2.25. The zero-order valence-corrected chi connectivity index (χ0v) is 12.4. The summed E-state index contributed by atoms with van der Waals surface area (Å²) in [4.78, 5) is 16.7. The van der Waals surface area contributed by atoms with E-state index in [1.807, 2.05) is 23.6 Å². The predicted molar refractivity (Wildman–Crippen MR) is 80.0 cm³/mol. The number of hydrogen-bond donors (Lipinski definition) is 1. The van der Waals surface area contributed by atoms with Gasteiger partial charge in [0, 0.05) is 6.54 Å². The van der Waals surface area contributed by atoms with E-state index in [0.29, 0.717) is 23.4 Å². The molecule has 0 radical (unpaired) electrons. The number of benzene rings is 1. The van der Waals surface area contributed by atoms with Crippen LogP contribution in [0.2, 0.25) is 0 Å². The summed E-state index contributed by atoms with van der Waals surface area (Å²) in [7, 11) is 0. The zero-order chi connectivity index (χ0) is 15.0. The van der Waals surface area contributed by atoms with E-state index in [1.54, 1.807) is 6.07 Å². The maximum atomic E-state index is 12.2. The Morgan fingerprint density at radius 2 is 2.38 bits per heavy atom. The summed E-state index contributed by atoms with van der Waals surface area (Å²) >= 11 is 6.24. The zero-order valence-electron chi connectivity index (χ0n) is 11.6. The molecule has 3 rings (SSSR count). The van der Waals surface area contributed by atoms with Crippen LogP contribution in [0.15, 0.2) is 18.2 Å². The molecular weight excluding hydrogens is 288 g/mol. The fraction of sp³-hybridized carbons (Fsp3) is 0.400. The molecule has 1 N–H and O–H groups in total. The van der Waals surface area contributed by atoms with Gasteiger partial charge in [0.15, 0.2) is 0 Å². The largest absolute Gasteiger partial charge is 0.354 e. The van der Waals surface area contributed by atoms with Crippen molar-refractivity contribution in [1.29, 1.82) is 5.26 Å². The average Bonchev–Trinajstić information content (AvgIpc) is 2.87. The molecule has 0 aliphatic carbocycles. The van der Waals surface area contributed by atoms with Gasteiger partial charge in [0.2, 0.25) is 5.91 Å². The van der Waals surface area contributed by atoms with Gasteiger partial charge in [0.05, 0.1) is 16.5 Å². The molecule has 2 aromatic rings. The van der Waals surface area contributed by atoms with Crippen LogP contribution in [0.25, 0.3) is 11.0 Å². The number of nitrogens with one attached hydrogen (secondary N) is 1. The van der Waals surface area contributed by atoms with E-state index in [4.69, 9.17) is 11.6 Å². The van der Waals surface area contributed by atoms with Crippen molar-refractivity contribution in [2.24, 2.45) is 0 Å². The number of alkyl halides is 1. The lowest BCUT2D eigenvalue weighted by Crippen LogP contribution is -2.38. The smallest absolute Gasteiger partial charge is 0.243 e. The van der Waals surface area contributed by atoms with Crippen LogP contribution in [0, 0.1) is 11.3 Å². The van der Waals surface area contributed by atoms with E-state index >= 15 is 0 Å². The van der Waals surface area contributed by atoms with Crippen LogP contribution < -0.4 is 5.32 Å². The predicted octanol–water partition coefficient (Wildman–Crippen LogP) is 2.66. The third-order valence-corrected chi connectivity index (χ3v) is 3.99. The molecule has 1 aliphatic heterocycles. The topological polar surface area (TPSA) is 70.7 Å². The maximum Gasteiger partial charge on any atom is 0.243 e. The number of nitriles is 1. The molecule has 108 valence electrons. The highest BCUT2D eigenvalue weighted by Crippen LogP contribution is 2.32. The summed E-state index contributed by atoms with van der Waals surface area (Å²) in [5, 5.41) is 11.8. The molecule has 0 bridgehead atoms. The first-order valence-corrected chi connectivity index (χ1v) is 7.40. The second kappa shape index (κ2) is 5.38. The van der Waals surface area contributed by atoms with Gasteiger partial charge in [-0.1, -0.05) is 6.07 Å². The molecular formula is C15H15ClN4O. The Kier molecular flexibility index (Phi) is 3.56. The summed E-state index contributed by atoms with van der Waals surface area (Å²) in [6.45, 7) is 2.53. The minimum Gasteiger partial charge on any atom is -0.354 e. The molecule has 2 atom stereocenters. The molecule has 21 heavy (non-hydrogen) atoms. The van der Waals surface area contributed by atoms with Crippen molar-refractivity contribution in [2.45, 2.75) is 31.2 Å². The second-order valence-corrected chi connectivity index (χ2v) is 5.84. The Balaban J connectivity index is 2.26. The standard InChI is InChI=1S/C15H15ClN4O/c1-9(16)14-19-13-10(8-17)4-2-5-11(13)20(14)12-6-3-7-18-15(12)21/h2,4-5,9,12H,3,6-7H2,1H3,(H,18,21). The number of piperidine rings is 1. The van der Waals surface area contributed by atoms with Crippen molar-refractivity contribution in [3.8, 4) is 6.07 Å². The lowest BCUT2D eigenvalue weighted by molar-refractivity contribution is -0.125. The monoisotopic (exact) mass is 302 g/mol. The van der Waals surface area contributed by atoms with Crippen LogP contribution in [0.5, 0.6) is 0 Å². The molecule has 1 amide bonds. The molecule has 5 nitrogen and oxygen atoms in total. The molecule has 1 aliphatic rings. The van der Waals surface area contributed by atoms with Crippen LogP contribution in [-0.2, 0) is 4.79 Å². The third kappa shape index (κ3) is 2.26. The van der Waals surface area contributed by atoms with Crippen LogP contribution >= 0.6 is 11.6 Å². The van der Waals surface area contributed by atoms with E-state index in [-0.39, 0.29) is 17.3 Å². The van der Waals surface area contributed by atoms with Gasteiger partial charge in [0.25, 0.3) is 0 Å². The Bertz CT molecular complexity index is 744. The number of rotatable bonds is 2. The summed E-state index contributed by atoms with van der Waals surface area (Å²) < 4.78 is 1.89. The number of carbonyl (C=O) groups is 1. The number of aromatic nitrogens is 2. The van der Waals surface area contributed by atoms with Crippen molar-refractivity contribution >= 4 is 28.5 Å². The summed E-state index contributed by atoms with van der Waals surface area (Å²) in [6.07, 6.45) is 1.68. The van der Waals surface area contributed by atoms with Gasteiger partial charge >= 0.3 is 0 Å². The summed E-state index contributed by atoms with van der Waals surface area (Å²) in [5.74, 6) is 0.623. The average molecular weight is 303 g/mol. The highest BCUT2D eigenvalue weighted by atomic mass is 35.5. The van der Waals surface area contributed by atoms with Crippen molar-refractivity contribution in [3.05, 3.63) is 29.6 Å². The highest BCUT2D eigenvalue weighted by molar-refractivity contribution is 6.20. The fourth-order valence-corrected chi connectivity index (χ4v) is 2.99. The second-order valence-electron chi connectivity index (χ2n) is 5.19. The van der Waals surface area contributed by atoms with Gasteiger partial charge in [0.1, 0.15) is 23.5 Å². The van der Waals surface area contributed by atoms with Crippen molar-refractivity contribution in [3.63, 3.8) is 0 Å². The molecule has 1 aromatic carbocycles. The van der Waals surface area contributed by atoms with Crippen molar-refractivity contribution in [1.82, 2.24) is 14.9 Å². The molecule has 6 heteroatoms. The first kappa shape index (κ1) is 13.9. The molecule has 2 heterocycles. The molecule has 1 aromatic heterocycles. The lowest BCUT2D eigenvalue weighted by atomic mass is 10.1. The first-order chi connectivity index (χ1) is 10.1. The van der Waals surface area contributed by atoms with Crippen LogP contribution in [0.1, 0.15) is 42.6 Å². The van der Waals surface area contributed by atoms with Gasteiger partial charge in [-0.2, -0.15) is 5.26 Å². The van der Waals surface area contributed by atoms with Gasteiger partial charge in [-0.05, 0) is 31.9 Å². The Morgan fingerprint density at radius 1 is 1.57 bits per heavy atom. The van der Waals surface area contributed by atoms with E-state index in [9.17, 15) is 10.1 Å². The number of halogens is 1. The maximum absolute atomic E-state index is 12.2. The number of hydrogen-bond acceptors (Lipinski definition) is 3. The van der Waals surface area contributed by atoms with Gasteiger partial charge < -0.3 is 9.88 Å². The van der Waals surface area contributed by atoms with Crippen LogP contribution in [-0.4, -0.2) is 22.0 Å². The minimum atomic E-state index is -0.335. The van der Waals surface area contributed by atoms with E-state index in [0.717, 1.165) is 18.4 Å². The van der Waals surface area contributed by atoms with Crippen LogP contribution in [0.4, 0.5) is 0 Å². The number of para-hydroxylation sites is 1.